The number of hydrogen-bond acceptors (Lipinski definition) is 1. The summed E-state index contributed by atoms with van der Waals surface area (Å²) in [5.74, 6) is -0.456. The molecule has 5 heteroatoms. The van der Waals surface area contributed by atoms with Crippen LogP contribution in [0.25, 0.3) is 16.9 Å². The molecule has 0 radical (unpaired) electrons. The Morgan fingerprint density at radius 1 is 1.00 bits per heavy atom. The van der Waals surface area contributed by atoms with Crippen molar-refractivity contribution in [2.24, 2.45) is 0 Å². The quantitative estimate of drug-likeness (QED) is 0.762. The first-order valence-corrected chi connectivity index (χ1v) is 6.78. The minimum Gasteiger partial charge on any atom is -0.289 e. The molecule has 3 rings (SSSR count). The average molecular weight is 333 g/mol. The van der Waals surface area contributed by atoms with Gasteiger partial charge in [-0.05, 0) is 28.1 Å². The summed E-state index contributed by atoms with van der Waals surface area (Å²) < 4.78 is 15.4. The number of benzene rings is 2. The van der Waals surface area contributed by atoms with E-state index in [0.717, 1.165) is 5.56 Å². The smallest absolute Gasteiger partial charge is 0.286 e. The number of nitrogens with one attached hydrogen (secondary N) is 1. The molecule has 3 aromatic rings. The summed E-state index contributed by atoms with van der Waals surface area (Å²) in [6.07, 6.45) is 0. The SMILES string of the molecule is O=c1c(Br)c(-c2ccccc2)[nH]n1-c1ccccc1F. The highest BCUT2D eigenvalue weighted by Gasteiger charge is 2.15. The third-order valence-corrected chi connectivity index (χ3v) is 3.73. The molecule has 0 amide bonds. The molecule has 1 aromatic heterocycles. The maximum Gasteiger partial charge on any atom is 0.286 e. The van der Waals surface area contributed by atoms with Gasteiger partial charge in [0, 0.05) is 5.56 Å². The molecule has 0 saturated carbocycles. The van der Waals surface area contributed by atoms with Crippen molar-refractivity contribution in [1.29, 1.82) is 0 Å². The number of hydrogen-bond donors (Lipinski definition) is 1. The van der Waals surface area contributed by atoms with Crippen LogP contribution in [0, 0.1) is 5.82 Å². The second-order valence-corrected chi connectivity index (χ2v) is 5.05. The molecule has 2 aromatic carbocycles. The second-order valence-electron chi connectivity index (χ2n) is 4.26. The van der Waals surface area contributed by atoms with E-state index in [1.54, 1.807) is 18.2 Å². The van der Waals surface area contributed by atoms with E-state index in [1.807, 2.05) is 30.3 Å². The second kappa shape index (κ2) is 5.09. The van der Waals surface area contributed by atoms with E-state index in [2.05, 4.69) is 21.0 Å². The predicted octanol–water partition coefficient (Wildman–Crippen LogP) is 3.73. The first kappa shape index (κ1) is 12.9. The molecule has 100 valence electrons. The number of aromatic amines is 1. The summed E-state index contributed by atoms with van der Waals surface area (Å²) in [5, 5.41) is 2.94. The van der Waals surface area contributed by atoms with E-state index in [0.29, 0.717) is 10.2 Å². The summed E-state index contributed by atoms with van der Waals surface area (Å²) in [5.41, 5.74) is 1.35. The summed E-state index contributed by atoms with van der Waals surface area (Å²) in [4.78, 5) is 12.2. The summed E-state index contributed by atoms with van der Waals surface area (Å²) >= 11 is 3.27. The van der Waals surface area contributed by atoms with Crippen molar-refractivity contribution in [2.75, 3.05) is 0 Å². The Hall–Kier alpha value is -2.14. The Labute approximate surface area is 122 Å². The van der Waals surface area contributed by atoms with Crippen LogP contribution in [0.3, 0.4) is 0 Å². The summed E-state index contributed by atoms with van der Waals surface area (Å²) in [7, 11) is 0. The fourth-order valence-corrected chi connectivity index (χ4v) is 2.51. The van der Waals surface area contributed by atoms with Crippen molar-refractivity contribution in [3.8, 4) is 16.9 Å². The van der Waals surface area contributed by atoms with Gasteiger partial charge in [0.25, 0.3) is 5.56 Å². The van der Waals surface area contributed by atoms with Crippen molar-refractivity contribution in [2.45, 2.75) is 0 Å². The molecule has 0 aliphatic rings. The van der Waals surface area contributed by atoms with Crippen LogP contribution in [0.4, 0.5) is 4.39 Å². The van der Waals surface area contributed by atoms with Crippen molar-refractivity contribution < 1.29 is 4.39 Å². The van der Waals surface area contributed by atoms with Gasteiger partial charge in [0.15, 0.2) is 0 Å². The zero-order valence-electron chi connectivity index (χ0n) is 10.3. The lowest BCUT2D eigenvalue weighted by Gasteiger charge is -2.03. The average Bonchev–Trinajstić information content (AvgIpc) is 2.77. The molecular formula is C15H10BrFN2O. The number of aromatic nitrogens is 2. The van der Waals surface area contributed by atoms with E-state index in [1.165, 1.54) is 10.7 Å². The number of nitrogens with zero attached hydrogens (tertiary/aromatic N) is 1. The Balaban J connectivity index is 2.22. The molecule has 20 heavy (non-hydrogen) atoms. The number of H-pyrrole nitrogens is 1. The van der Waals surface area contributed by atoms with Crippen LogP contribution in [0.5, 0.6) is 0 Å². The van der Waals surface area contributed by atoms with Crippen molar-refractivity contribution in [3.63, 3.8) is 0 Å². The van der Waals surface area contributed by atoms with Crippen LogP contribution in [0.2, 0.25) is 0 Å². The molecule has 0 spiro atoms. The maximum atomic E-state index is 13.8. The van der Waals surface area contributed by atoms with Gasteiger partial charge >= 0.3 is 0 Å². The lowest BCUT2D eigenvalue weighted by atomic mass is 10.2. The first-order valence-electron chi connectivity index (χ1n) is 5.99. The standard InChI is InChI=1S/C15H10BrFN2O/c16-13-14(10-6-2-1-3-7-10)18-19(15(13)20)12-9-5-4-8-11(12)17/h1-9,18H. The molecule has 0 saturated heterocycles. The fraction of sp³-hybridized carbons (Fsp3) is 0. The van der Waals surface area contributed by atoms with Crippen LogP contribution in [0.15, 0.2) is 63.9 Å². The van der Waals surface area contributed by atoms with Gasteiger partial charge in [-0.3, -0.25) is 9.89 Å². The number of rotatable bonds is 2. The molecule has 1 N–H and O–H groups in total. The van der Waals surface area contributed by atoms with Crippen LogP contribution >= 0.6 is 15.9 Å². The highest BCUT2D eigenvalue weighted by atomic mass is 79.9. The summed E-state index contributed by atoms with van der Waals surface area (Å²) in [6, 6.07) is 15.5. The van der Waals surface area contributed by atoms with Gasteiger partial charge in [0.2, 0.25) is 0 Å². The van der Waals surface area contributed by atoms with Gasteiger partial charge in [-0.2, -0.15) is 0 Å². The van der Waals surface area contributed by atoms with Crippen LogP contribution < -0.4 is 5.56 Å². The zero-order chi connectivity index (χ0) is 14.1. The van der Waals surface area contributed by atoms with Crippen LogP contribution in [-0.4, -0.2) is 9.78 Å². The third-order valence-electron chi connectivity index (χ3n) is 2.99. The molecule has 0 unspecified atom stereocenters. The van der Waals surface area contributed by atoms with E-state index >= 15 is 0 Å². The van der Waals surface area contributed by atoms with E-state index in [9.17, 15) is 9.18 Å². The van der Waals surface area contributed by atoms with Gasteiger partial charge < -0.3 is 0 Å². The highest BCUT2D eigenvalue weighted by molar-refractivity contribution is 9.10. The fourth-order valence-electron chi connectivity index (χ4n) is 2.02. The zero-order valence-corrected chi connectivity index (χ0v) is 11.9. The normalized spacial score (nSPS) is 10.7. The van der Waals surface area contributed by atoms with Gasteiger partial charge in [-0.15, -0.1) is 0 Å². The molecular weight excluding hydrogens is 323 g/mol. The molecule has 0 bridgehead atoms. The lowest BCUT2D eigenvalue weighted by Crippen LogP contribution is -2.15. The Kier molecular flexibility index (Phi) is 3.28. The number of halogens is 2. The lowest BCUT2D eigenvalue weighted by molar-refractivity contribution is 0.608. The van der Waals surface area contributed by atoms with E-state index in [-0.39, 0.29) is 11.2 Å². The molecule has 3 nitrogen and oxygen atoms in total. The Morgan fingerprint density at radius 2 is 1.65 bits per heavy atom. The molecule has 0 aliphatic heterocycles. The first-order chi connectivity index (χ1) is 9.68. The highest BCUT2D eigenvalue weighted by Crippen LogP contribution is 2.24. The maximum absolute atomic E-state index is 13.8. The minimum atomic E-state index is -0.456. The van der Waals surface area contributed by atoms with Gasteiger partial charge in [-0.25, -0.2) is 9.07 Å². The minimum absolute atomic E-state index is 0.195. The third kappa shape index (κ3) is 2.10. The van der Waals surface area contributed by atoms with Crippen LogP contribution in [0.1, 0.15) is 0 Å². The largest absolute Gasteiger partial charge is 0.289 e. The predicted molar refractivity (Wildman–Crippen MR) is 79.5 cm³/mol. The molecule has 0 aliphatic carbocycles. The van der Waals surface area contributed by atoms with Gasteiger partial charge in [0.1, 0.15) is 16.0 Å². The molecule has 0 atom stereocenters. The Bertz CT molecular complexity index is 808. The van der Waals surface area contributed by atoms with Crippen molar-refractivity contribution in [1.82, 2.24) is 9.78 Å². The number of para-hydroxylation sites is 1. The van der Waals surface area contributed by atoms with Crippen LogP contribution in [-0.2, 0) is 0 Å². The van der Waals surface area contributed by atoms with Crippen molar-refractivity contribution >= 4 is 15.9 Å². The van der Waals surface area contributed by atoms with Crippen molar-refractivity contribution in [3.05, 3.63) is 75.2 Å². The summed E-state index contributed by atoms with van der Waals surface area (Å²) in [6.45, 7) is 0. The monoisotopic (exact) mass is 332 g/mol. The van der Waals surface area contributed by atoms with E-state index < -0.39 is 5.82 Å². The van der Waals surface area contributed by atoms with E-state index in [4.69, 9.17) is 0 Å². The molecule has 1 heterocycles. The topological polar surface area (TPSA) is 37.8 Å². The molecule has 0 fully saturated rings. The Morgan fingerprint density at radius 3 is 2.35 bits per heavy atom. The van der Waals surface area contributed by atoms with Gasteiger partial charge in [0.05, 0.1) is 5.69 Å². The van der Waals surface area contributed by atoms with Gasteiger partial charge in [-0.1, -0.05) is 42.5 Å².